The first-order chi connectivity index (χ1) is 16.9. The molecule has 4 aromatic rings. The van der Waals surface area contributed by atoms with Crippen LogP contribution in [0.15, 0.2) is 36.8 Å². The molecule has 0 saturated carbocycles. The molecule has 11 heteroatoms. The number of hydrogen-bond donors (Lipinski definition) is 1. The fraction of sp³-hybridized carbons (Fsp3) is 0.333. The number of rotatable bonds is 5. The molecular formula is C24H25N9O2. The van der Waals surface area contributed by atoms with Gasteiger partial charge in [0.15, 0.2) is 23.0 Å². The third-order valence-electron chi connectivity index (χ3n) is 5.69. The Labute approximate surface area is 202 Å². The number of aromatic nitrogens is 6. The number of pyridine rings is 2. The maximum Gasteiger partial charge on any atom is 0.223 e. The number of hydrogen-bond acceptors (Lipinski definition) is 10. The maximum absolute atomic E-state index is 9.06. The summed E-state index contributed by atoms with van der Waals surface area (Å²) < 4.78 is 13.6. The average Bonchev–Trinajstić information content (AvgIpc) is 3.21. The van der Waals surface area contributed by atoms with E-state index >= 15 is 0 Å². The summed E-state index contributed by atoms with van der Waals surface area (Å²) in [6.07, 6.45) is 3.49. The molecule has 4 aromatic heterocycles. The number of nitrogens with zero attached hydrogens (tertiary/aromatic N) is 8. The maximum atomic E-state index is 9.06. The van der Waals surface area contributed by atoms with E-state index in [1.165, 1.54) is 6.20 Å². The number of nitriles is 1. The molecule has 1 N–H and O–H groups in total. The summed E-state index contributed by atoms with van der Waals surface area (Å²) >= 11 is 0. The SMILES string of the molecule is Cc1cc(C#N)ncc1Oc1cc(Nc2ccc(N3C[C@@H](C)O[C@@H](C)C3)nn2)c2ncn(C)c2n1. The van der Waals surface area contributed by atoms with Gasteiger partial charge in [0.2, 0.25) is 5.88 Å². The molecule has 35 heavy (non-hydrogen) atoms. The molecule has 5 heterocycles. The predicted octanol–water partition coefficient (Wildman–Crippen LogP) is 3.48. The van der Waals surface area contributed by atoms with E-state index in [4.69, 9.17) is 14.7 Å². The summed E-state index contributed by atoms with van der Waals surface area (Å²) in [6, 6.07) is 9.29. The van der Waals surface area contributed by atoms with Crippen molar-refractivity contribution in [3.8, 4) is 17.7 Å². The van der Waals surface area contributed by atoms with Gasteiger partial charge in [0.25, 0.3) is 0 Å². The van der Waals surface area contributed by atoms with Crippen LogP contribution in [0.5, 0.6) is 11.6 Å². The van der Waals surface area contributed by atoms with Crippen LogP contribution in [0.3, 0.4) is 0 Å². The third kappa shape index (κ3) is 4.69. The second-order valence-electron chi connectivity index (χ2n) is 8.65. The number of nitrogens with one attached hydrogen (secondary N) is 1. The summed E-state index contributed by atoms with van der Waals surface area (Å²) in [5, 5.41) is 21.2. The minimum absolute atomic E-state index is 0.140. The van der Waals surface area contributed by atoms with Crippen LogP contribution >= 0.6 is 0 Å². The lowest BCUT2D eigenvalue weighted by Gasteiger charge is -2.35. The number of morpholine rings is 1. The summed E-state index contributed by atoms with van der Waals surface area (Å²) in [7, 11) is 1.86. The van der Waals surface area contributed by atoms with E-state index in [1.54, 1.807) is 18.5 Å². The molecule has 1 fully saturated rings. The molecule has 0 aliphatic carbocycles. The first kappa shape index (κ1) is 22.5. The molecular weight excluding hydrogens is 446 g/mol. The van der Waals surface area contributed by atoms with Crippen molar-refractivity contribution in [2.75, 3.05) is 23.3 Å². The van der Waals surface area contributed by atoms with Crippen molar-refractivity contribution in [2.45, 2.75) is 33.0 Å². The second kappa shape index (κ2) is 9.15. The average molecular weight is 472 g/mol. The van der Waals surface area contributed by atoms with Gasteiger partial charge in [-0.2, -0.15) is 10.2 Å². The van der Waals surface area contributed by atoms with Crippen molar-refractivity contribution >= 4 is 28.5 Å². The van der Waals surface area contributed by atoms with Gasteiger partial charge in [0.05, 0.1) is 30.4 Å². The summed E-state index contributed by atoms with van der Waals surface area (Å²) in [5.41, 5.74) is 3.11. The van der Waals surface area contributed by atoms with Gasteiger partial charge in [-0.1, -0.05) is 0 Å². The van der Waals surface area contributed by atoms with Crippen molar-refractivity contribution in [2.24, 2.45) is 7.05 Å². The third-order valence-corrected chi connectivity index (χ3v) is 5.69. The number of imidazole rings is 1. The Morgan fingerprint density at radius 3 is 2.63 bits per heavy atom. The summed E-state index contributed by atoms with van der Waals surface area (Å²) in [5.74, 6) is 2.26. The largest absolute Gasteiger partial charge is 0.437 e. The van der Waals surface area contributed by atoms with E-state index in [1.807, 2.05) is 36.7 Å². The molecule has 0 spiro atoms. The lowest BCUT2D eigenvalue weighted by Crippen LogP contribution is -2.45. The van der Waals surface area contributed by atoms with E-state index in [0.29, 0.717) is 40.0 Å². The number of aryl methyl sites for hydroxylation is 2. The van der Waals surface area contributed by atoms with E-state index in [-0.39, 0.29) is 12.2 Å². The molecule has 11 nitrogen and oxygen atoms in total. The highest BCUT2D eigenvalue weighted by Crippen LogP contribution is 2.31. The molecule has 178 valence electrons. The Bertz CT molecular complexity index is 1400. The van der Waals surface area contributed by atoms with Crippen molar-refractivity contribution in [3.63, 3.8) is 0 Å². The Hall–Kier alpha value is -4.30. The van der Waals surface area contributed by atoms with Crippen LogP contribution in [0, 0.1) is 18.3 Å². The van der Waals surface area contributed by atoms with Crippen LogP contribution in [-0.2, 0) is 11.8 Å². The molecule has 2 atom stereocenters. The van der Waals surface area contributed by atoms with Gasteiger partial charge in [0, 0.05) is 26.2 Å². The molecule has 0 radical (unpaired) electrons. The Kier molecular flexibility index (Phi) is 5.88. The molecule has 1 saturated heterocycles. The predicted molar refractivity (Wildman–Crippen MR) is 130 cm³/mol. The first-order valence-electron chi connectivity index (χ1n) is 11.3. The van der Waals surface area contributed by atoms with Gasteiger partial charge >= 0.3 is 0 Å². The molecule has 5 rings (SSSR count). The fourth-order valence-electron chi connectivity index (χ4n) is 4.11. The molecule has 1 aliphatic heterocycles. The van der Waals surface area contributed by atoms with Gasteiger partial charge in [-0.15, -0.1) is 10.2 Å². The van der Waals surface area contributed by atoms with Crippen molar-refractivity contribution in [1.82, 2.24) is 29.7 Å². The minimum atomic E-state index is 0.140. The Morgan fingerprint density at radius 2 is 1.94 bits per heavy atom. The number of fused-ring (bicyclic) bond motifs is 1. The van der Waals surface area contributed by atoms with Gasteiger partial charge < -0.3 is 24.3 Å². The Morgan fingerprint density at radius 1 is 1.14 bits per heavy atom. The minimum Gasteiger partial charge on any atom is -0.437 e. The van der Waals surface area contributed by atoms with Gasteiger partial charge in [-0.25, -0.2) is 9.97 Å². The van der Waals surface area contributed by atoms with Crippen molar-refractivity contribution < 1.29 is 9.47 Å². The molecule has 0 aromatic carbocycles. The summed E-state index contributed by atoms with van der Waals surface area (Å²) in [4.78, 5) is 15.3. The van der Waals surface area contributed by atoms with Gasteiger partial charge in [-0.05, 0) is 44.5 Å². The molecule has 0 amide bonds. The van der Waals surface area contributed by atoms with Crippen LogP contribution in [0.2, 0.25) is 0 Å². The molecule has 0 bridgehead atoms. The zero-order valence-electron chi connectivity index (χ0n) is 19.9. The second-order valence-corrected chi connectivity index (χ2v) is 8.65. The standard InChI is InChI=1S/C24H25N9O2/c1-14-7-17(9-25)26-10-19(14)35-22-8-18(23-24(29-22)32(4)13-27-23)28-20-5-6-21(31-30-20)33-11-15(2)34-16(3)12-33/h5-8,10,13,15-16H,11-12H2,1-4H3,(H,28,29,30)/t15-,16+. The lowest BCUT2D eigenvalue weighted by molar-refractivity contribution is -0.00550. The lowest BCUT2D eigenvalue weighted by atomic mass is 10.2. The van der Waals surface area contributed by atoms with Crippen LogP contribution in [0.4, 0.5) is 17.3 Å². The Balaban J connectivity index is 1.42. The van der Waals surface area contributed by atoms with Crippen LogP contribution in [-0.4, -0.2) is 55.0 Å². The topological polar surface area (TPSA) is 127 Å². The molecule has 0 unspecified atom stereocenters. The van der Waals surface area contributed by atoms with Crippen molar-refractivity contribution in [3.05, 3.63) is 48.0 Å². The smallest absolute Gasteiger partial charge is 0.223 e. The monoisotopic (exact) mass is 471 g/mol. The van der Waals surface area contributed by atoms with Gasteiger partial charge in [0.1, 0.15) is 17.3 Å². The van der Waals surface area contributed by atoms with Gasteiger partial charge in [-0.3, -0.25) is 0 Å². The van der Waals surface area contributed by atoms with E-state index in [2.05, 4.69) is 49.2 Å². The molecule has 1 aliphatic rings. The zero-order chi connectivity index (χ0) is 24.5. The van der Waals surface area contributed by atoms with E-state index in [0.717, 1.165) is 24.5 Å². The van der Waals surface area contributed by atoms with E-state index in [9.17, 15) is 0 Å². The quantitative estimate of drug-likeness (QED) is 0.462. The van der Waals surface area contributed by atoms with E-state index < -0.39 is 0 Å². The first-order valence-corrected chi connectivity index (χ1v) is 11.3. The number of anilines is 3. The van der Waals surface area contributed by atoms with Crippen LogP contribution in [0.25, 0.3) is 11.2 Å². The van der Waals surface area contributed by atoms with Crippen molar-refractivity contribution in [1.29, 1.82) is 5.26 Å². The van der Waals surface area contributed by atoms with Crippen LogP contribution in [0.1, 0.15) is 25.1 Å². The zero-order valence-corrected chi connectivity index (χ0v) is 19.9. The number of ether oxygens (including phenoxy) is 2. The summed E-state index contributed by atoms with van der Waals surface area (Å²) in [6.45, 7) is 7.52. The van der Waals surface area contributed by atoms with Crippen LogP contribution < -0.4 is 15.0 Å². The normalized spacial score (nSPS) is 17.9. The highest BCUT2D eigenvalue weighted by molar-refractivity contribution is 5.88. The highest BCUT2D eigenvalue weighted by atomic mass is 16.5. The fourth-order valence-corrected chi connectivity index (χ4v) is 4.11. The highest BCUT2D eigenvalue weighted by Gasteiger charge is 2.23.